The van der Waals surface area contributed by atoms with Crippen LogP contribution in [0.25, 0.3) is 0 Å². The van der Waals surface area contributed by atoms with Gasteiger partial charge in [0.25, 0.3) is 0 Å². The number of hydrogen-bond acceptors (Lipinski definition) is 2. The summed E-state index contributed by atoms with van der Waals surface area (Å²) in [5, 5.41) is 3.90. The quantitative estimate of drug-likeness (QED) is 0.889. The number of nitrogens with one attached hydrogen (secondary N) is 1. The van der Waals surface area contributed by atoms with E-state index in [4.69, 9.17) is 0 Å². The van der Waals surface area contributed by atoms with Crippen LogP contribution in [0.5, 0.6) is 0 Å². The van der Waals surface area contributed by atoms with Gasteiger partial charge in [0, 0.05) is 30.9 Å². The predicted molar refractivity (Wildman–Crippen MR) is 90.8 cm³/mol. The number of hydrogen-bond donors (Lipinski definition) is 1. The molecule has 1 aliphatic heterocycles. The monoisotopic (exact) mass is 304 g/mol. The molecule has 2 aliphatic rings. The zero-order valence-corrected chi connectivity index (χ0v) is 13.7. The molecule has 0 spiro atoms. The molecule has 1 aromatic carbocycles. The highest BCUT2D eigenvalue weighted by molar-refractivity contribution is 5.47. The number of halogens is 1. The zero-order chi connectivity index (χ0) is 15.4. The fraction of sp³-hybridized carbons (Fsp3) is 0.684. The predicted octanol–water partition coefficient (Wildman–Crippen LogP) is 4.35. The Morgan fingerprint density at radius 3 is 2.68 bits per heavy atom. The van der Waals surface area contributed by atoms with Gasteiger partial charge in [0.15, 0.2) is 0 Å². The van der Waals surface area contributed by atoms with Gasteiger partial charge in [0.05, 0.1) is 0 Å². The van der Waals surface area contributed by atoms with Crippen molar-refractivity contribution in [2.45, 2.75) is 64.0 Å². The molecule has 0 radical (unpaired) electrons. The number of piperidine rings is 1. The molecule has 3 heteroatoms. The van der Waals surface area contributed by atoms with Crippen molar-refractivity contribution in [1.82, 2.24) is 5.32 Å². The molecule has 2 atom stereocenters. The average molecular weight is 304 g/mol. The van der Waals surface area contributed by atoms with E-state index >= 15 is 0 Å². The summed E-state index contributed by atoms with van der Waals surface area (Å²) in [6.45, 7) is 4.34. The molecule has 1 aromatic rings. The smallest absolute Gasteiger partial charge is 0.125 e. The molecule has 1 saturated heterocycles. The lowest BCUT2D eigenvalue weighted by atomic mass is 9.89. The highest BCUT2D eigenvalue weighted by Gasteiger charge is 2.28. The Hall–Kier alpha value is -1.09. The van der Waals surface area contributed by atoms with Gasteiger partial charge in [-0.25, -0.2) is 4.39 Å². The van der Waals surface area contributed by atoms with Gasteiger partial charge in [0.2, 0.25) is 0 Å². The molecule has 0 amide bonds. The van der Waals surface area contributed by atoms with Gasteiger partial charge >= 0.3 is 0 Å². The molecule has 2 fully saturated rings. The second kappa shape index (κ2) is 7.45. The summed E-state index contributed by atoms with van der Waals surface area (Å²) in [4.78, 5) is 2.38. The van der Waals surface area contributed by atoms with Crippen molar-refractivity contribution in [2.24, 2.45) is 5.92 Å². The molecule has 0 bridgehead atoms. The summed E-state index contributed by atoms with van der Waals surface area (Å²) in [6.07, 6.45) is 9.26. The maximum Gasteiger partial charge on any atom is 0.125 e. The molecule has 2 unspecified atom stereocenters. The van der Waals surface area contributed by atoms with Crippen LogP contribution in [0.2, 0.25) is 0 Å². The van der Waals surface area contributed by atoms with Gasteiger partial charge in [-0.2, -0.15) is 0 Å². The minimum Gasteiger partial charge on any atom is -0.370 e. The van der Waals surface area contributed by atoms with E-state index in [0.717, 1.165) is 18.8 Å². The Morgan fingerprint density at radius 1 is 1.14 bits per heavy atom. The van der Waals surface area contributed by atoms with E-state index in [1.165, 1.54) is 51.0 Å². The maximum atomic E-state index is 13.5. The van der Waals surface area contributed by atoms with Crippen LogP contribution in [0.4, 0.5) is 10.1 Å². The fourth-order valence-corrected chi connectivity index (χ4v) is 4.11. The van der Waals surface area contributed by atoms with E-state index < -0.39 is 0 Å². The van der Waals surface area contributed by atoms with Crippen LogP contribution in [0, 0.1) is 11.7 Å². The van der Waals surface area contributed by atoms with E-state index in [-0.39, 0.29) is 5.82 Å². The molecule has 1 saturated carbocycles. The third-order valence-corrected chi connectivity index (χ3v) is 5.36. The lowest BCUT2D eigenvalue weighted by molar-refractivity contribution is 0.273. The van der Waals surface area contributed by atoms with Gasteiger partial charge in [-0.3, -0.25) is 0 Å². The van der Waals surface area contributed by atoms with Crippen molar-refractivity contribution in [3.8, 4) is 0 Å². The third kappa shape index (κ3) is 4.01. The zero-order valence-electron chi connectivity index (χ0n) is 13.7. The van der Waals surface area contributed by atoms with E-state index in [9.17, 15) is 4.39 Å². The van der Waals surface area contributed by atoms with Crippen LogP contribution in [-0.4, -0.2) is 25.2 Å². The number of rotatable bonds is 4. The molecule has 1 aliphatic carbocycles. The fourth-order valence-electron chi connectivity index (χ4n) is 4.11. The topological polar surface area (TPSA) is 15.3 Å². The van der Waals surface area contributed by atoms with Crippen LogP contribution in [0.1, 0.15) is 51.9 Å². The maximum absolute atomic E-state index is 13.5. The molecule has 1 N–H and O–H groups in total. The first-order valence-electron chi connectivity index (χ1n) is 9.01. The highest BCUT2D eigenvalue weighted by Crippen LogP contribution is 2.27. The molecular formula is C19H29FN2. The molecular weight excluding hydrogens is 275 g/mol. The van der Waals surface area contributed by atoms with Crippen molar-refractivity contribution in [2.75, 3.05) is 18.0 Å². The van der Waals surface area contributed by atoms with E-state index in [1.807, 2.05) is 12.1 Å². The Bertz CT molecular complexity index is 470. The molecule has 3 rings (SSSR count). The van der Waals surface area contributed by atoms with Gasteiger partial charge in [-0.05, 0) is 43.4 Å². The standard InChI is InChI=1S/C19H29FN2/c1-2-15-11-18(21-17-8-4-3-5-9-17)14-22(13-15)19-10-6-7-16(20)12-19/h6-7,10,12,15,17-18,21H,2-5,8-9,11,13-14H2,1H3. The van der Waals surface area contributed by atoms with Gasteiger partial charge in [-0.1, -0.05) is 38.7 Å². The van der Waals surface area contributed by atoms with Crippen molar-refractivity contribution in [1.29, 1.82) is 0 Å². The lowest BCUT2D eigenvalue weighted by Crippen LogP contribution is -2.52. The van der Waals surface area contributed by atoms with Crippen LogP contribution < -0.4 is 10.2 Å². The van der Waals surface area contributed by atoms with Crippen LogP contribution in [-0.2, 0) is 0 Å². The molecule has 0 aromatic heterocycles. The van der Waals surface area contributed by atoms with E-state index in [2.05, 4.69) is 17.1 Å². The van der Waals surface area contributed by atoms with Crippen LogP contribution in [0.3, 0.4) is 0 Å². The second-order valence-electron chi connectivity index (χ2n) is 7.09. The molecule has 122 valence electrons. The Morgan fingerprint density at radius 2 is 1.95 bits per heavy atom. The van der Waals surface area contributed by atoms with Crippen molar-refractivity contribution in [3.05, 3.63) is 30.1 Å². The SMILES string of the molecule is CCC1CC(NC2CCCCC2)CN(c2cccc(F)c2)C1. The summed E-state index contributed by atoms with van der Waals surface area (Å²) >= 11 is 0. The minimum absolute atomic E-state index is 0.132. The summed E-state index contributed by atoms with van der Waals surface area (Å²) in [7, 11) is 0. The van der Waals surface area contributed by atoms with Gasteiger partial charge in [0.1, 0.15) is 5.82 Å². The first kappa shape index (κ1) is 15.8. The van der Waals surface area contributed by atoms with Crippen LogP contribution >= 0.6 is 0 Å². The number of anilines is 1. The van der Waals surface area contributed by atoms with Crippen molar-refractivity contribution < 1.29 is 4.39 Å². The Labute approximate surface area is 134 Å². The summed E-state index contributed by atoms with van der Waals surface area (Å²) in [6, 6.07) is 8.31. The number of nitrogens with zero attached hydrogens (tertiary/aromatic N) is 1. The number of benzene rings is 1. The van der Waals surface area contributed by atoms with E-state index in [1.54, 1.807) is 6.07 Å². The minimum atomic E-state index is -0.132. The van der Waals surface area contributed by atoms with Gasteiger partial charge in [-0.15, -0.1) is 0 Å². The largest absolute Gasteiger partial charge is 0.370 e. The molecule has 22 heavy (non-hydrogen) atoms. The first-order valence-corrected chi connectivity index (χ1v) is 9.01. The summed E-state index contributed by atoms with van der Waals surface area (Å²) in [5.74, 6) is 0.575. The third-order valence-electron chi connectivity index (χ3n) is 5.36. The summed E-state index contributed by atoms with van der Waals surface area (Å²) in [5.41, 5.74) is 1.04. The van der Waals surface area contributed by atoms with Gasteiger partial charge < -0.3 is 10.2 Å². The van der Waals surface area contributed by atoms with Crippen molar-refractivity contribution >= 4 is 5.69 Å². The highest BCUT2D eigenvalue weighted by atomic mass is 19.1. The first-order chi connectivity index (χ1) is 10.7. The van der Waals surface area contributed by atoms with Crippen LogP contribution in [0.15, 0.2) is 24.3 Å². The average Bonchev–Trinajstić information content (AvgIpc) is 2.55. The van der Waals surface area contributed by atoms with E-state index in [0.29, 0.717) is 18.0 Å². The lowest BCUT2D eigenvalue weighted by Gasteiger charge is -2.41. The summed E-state index contributed by atoms with van der Waals surface area (Å²) < 4.78 is 13.5. The molecule has 1 heterocycles. The molecule has 2 nitrogen and oxygen atoms in total. The second-order valence-corrected chi connectivity index (χ2v) is 7.09. The Balaban J connectivity index is 1.66. The Kier molecular flexibility index (Phi) is 5.35. The van der Waals surface area contributed by atoms with Crippen molar-refractivity contribution in [3.63, 3.8) is 0 Å². The normalized spacial score (nSPS) is 27.1.